The fourth-order valence-electron chi connectivity index (χ4n) is 4.32. The second-order valence-electron chi connectivity index (χ2n) is 8.50. The molecule has 1 aliphatic heterocycles. The number of benzene rings is 1. The van der Waals surface area contributed by atoms with Gasteiger partial charge in [0.05, 0.1) is 12.4 Å². The highest BCUT2D eigenvalue weighted by atomic mass is 16.5. The fourth-order valence-corrected chi connectivity index (χ4v) is 4.32. The van der Waals surface area contributed by atoms with Gasteiger partial charge in [-0.15, -0.1) is 0 Å². The van der Waals surface area contributed by atoms with Crippen molar-refractivity contribution in [1.82, 2.24) is 20.2 Å². The summed E-state index contributed by atoms with van der Waals surface area (Å²) >= 11 is 0. The smallest absolute Gasteiger partial charge is 0.289 e. The van der Waals surface area contributed by atoms with E-state index in [2.05, 4.69) is 32.3 Å². The van der Waals surface area contributed by atoms with Crippen molar-refractivity contribution in [3.63, 3.8) is 0 Å². The van der Waals surface area contributed by atoms with E-state index in [4.69, 9.17) is 4.74 Å². The second kappa shape index (κ2) is 8.11. The lowest BCUT2D eigenvalue weighted by Gasteiger charge is -2.36. The van der Waals surface area contributed by atoms with E-state index in [9.17, 15) is 4.79 Å². The summed E-state index contributed by atoms with van der Waals surface area (Å²) in [7, 11) is 0. The van der Waals surface area contributed by atoms with Crippen molar-refractivity contribution in [2.24, 2.45) is 0 Å². The number of hydrogen-bond acceptors (Lipinski definition) is 5. The number of fused-ring (bicyclic) bond motifs is 1. The highest BCUT2D eigenvalue weighted by Crippen LogP contribution is 2.29. The van der Waals surface area contributed by atoms with Crippen molar-refractivity contribution in [1.29, 1.82) is 0 Å². The van der Waals surface area contributed by atoms with Gasteiger partial charge in [0.2, 0.25) is 5.82 Å². The maximum atomic E-state index is 12.1. The normalized spacial score (nSPS) is 20.1. The lowest BCUT2D eigenvalue weighted by molar-refractivity contribution is 0.0906. The monoisotopic (exact) mass is 392 g/mol. The molecule has 1 amide bonds. The fraction of sp³-hybridized carbons (Fsp3) is 0.522. The Kier molecular flexibility index (Phi) is 5.19. The standard InChI is InChI=1S/C23H28N4O2/c28-23(26-18-3-1-4-18)22-24-14-21(15-25-22)29-20-8-7-16-9-11-27(19-5-2-6-19)12-10-17(16)13-20/h7-8,13-15,18-19H,1-6,9-12H2,(H,26,28). The Bertz CT molecular complexity index is 875. The number of amides is 1. The minimum atomic E-state index is -0.206. The highest BCUT2D eigenvalue weighted by molar-refractivity contribution is 5.90. The van der Waals surface area contributed by atoms with Crippen molar-refractivity contribution in [3.05, 3.63) is 47.5 Å². The zero-order chi connectivity index (χ0) is 19.6. The molecule has 2 heterocycles. The quantitative estimate of drug-likeness (QED) is 0.843. The van der Waals surface area contributed by atoms with E-state index in [0.29, 0.717) is 5.75 Å². The van der Waals surface area contributed by atoms with Crippen LogP contribution in [0.2, 0.25) is 0 Å². The minimum absolute atomic E-state index is 0.197. The number of nitrogens with zero attached hydrogens (tertiary/aromatic N) is 3. The Morgan fingerprint density at radius 1 is 0.966 bits per heavy atom. The summed E-state index contributed by atoms with van der Waals surface area (Å²) in [5.41, 5.74) is 2.81. The van der Waals surface area contributed by atoms with E-state index in [0.717, 1.165) is 50.6 Å². The van der Waals surface area contributed by atoms with Crippen molar-refractivity contribution in [3.8, 4) is 11.5 Å². The van der Waals surface area contributed by atoms with Gasteiger partial charge in [0.15, 0.2) is 5.75 Å². The van der Waals surface area contributed by atoms with Gasteiger partial charge in [-0.3, -0.25) is 9.69 Å². The molecule has 2 saturated carbocycles. The average Bonchev–Trinajstić information content (AvgIpc) is 2.86. The van der Waals surface area contributed by atoms with Crippen molar-refractivity contribution >= 4 is 5.91 Å². The van der Waals surface area contributed by atoms with Crippen molar-refractivity contribution in [2.45, 2.75) is 63.5 Å². The molecule has 1 N–H and O–H groups in total. The van der Waals surface area contributed by atoms with Gasteiger partial charge >= 0.3 is 0 Å². The van der Waals surface area contributed by atoms with Gasteiger partial charge in [0.25, 0.3) is 5.91 Å². The lowest BCUT2D eigenvalue weighted by Crippen LogP contribution is -2.41. The number of carbonyl (C=O) groups excluding carboxylic acids is 1. The molecule has 2 fully saturated rings. The molecule has 0 bridgehead atoms. The molecule has 3 aliphatic rings. The van der Waals surface area contributed by atoms with E-state index < -0.39 is 0 Å². The maximum Gasteiger partial charge on any atom is 0.289 e. The summed E-state index contributed by atoms with van der Waals surface area (Å²) in [5.74, 6) is 1.34. The molecule has 1 aromatic heterocycles. The molecule has 0 spiro atoms. The Morgan fingerprint density at radius 2 is 1.69 bits per heavy atom. The number of aromatic nitrogens is 2. The van der Waals surface area contributed by atoms with Gasteiger partial charge in [-0.05, 0) is 68.2 Å². The number of nitrogens with one attached hydrogen (secondary N) is 1. The van der Waals surface area contributed by atoms with Crippen molar-refractivity contribution in [2.75, 3.05) is 13.1 Å². The van der Waals surface area contributed by atoms with E-state index in [1.807, 2.05) is 6.07 Å². The van der Waals surface area contributed by atoms with E-state index >= 15 is 0 Å². The zero-order valence-corrected chi connectivity index (χ0v) is 16.8. The molecule has 2 aliphatic carbocycles. The summed E-state index contributed by atoms with van der Waals surface area (Å²) in [6.07, 6.45) is 12.7. The summed E-state index contributed by atoms with van der Waals surface area (Å²) in [6.45, 7) is 2.30. The third kappa shape index (κ3) is 4.13. The van der Waals surface area contributed by atoms with Gasteiger partial charge in [-0.1, -0.05) is 12.5 Å². The first-order valence-corrected chi connectivity index (χ1v) is 10.9. The molecular weight excluding hydrogens is 364 g/mol. The molecular formula is C23H28N4O2. The molecule has 2 aromatic rings. The largest absolute Gasteiger partial charge is 0.454 e. The molecule has 0 radical (unpaired) electrons. The lowest BCUT2D eigenvalue weighted by atomic mass is 9.91. The first-order valence-electron chi connectivity index (χ1n) is 10.9. The molecule has 0 unspecified atom stereocenters. The third-order valence-electron chi connectivity index (χ3n) is 6.61. The van der Waals surface area contributed by atoms with Crippen LogP contribution in [0.25, 0.3) is 0 Å². The topological polar surface area (TPSA) is 67.3 Å². The van der Waals surface area contributed by atoms with Crippen LogP contribution >= 0.6 is 0 Å². The Morgan fingerprint density at radius 3 is 2.34 bits per heavy atom. The molecule has 29 heavy (non-hydrogen) atoms. The summed E-state index contributed by atoms with van der Waals surface area (Å²) in [6, 6.07) is 7.45. The third-order valence-corrected chi connectivity index (χ3v) is 6.61. The molecule has 6 nitrogen and oxygen atoms in total. The van der Waals surface area contributed by atoms with E-state index in [-0.39, 0.29) is 17.8 Å². The summed E-state index contributed by atoms with van der Waals surface area (Å²) in [4.78, 5) is 23.1. The first kappa shape index (κ1) is 18.6. The van der Waals surface area contributed by atoms with E-state index in [1.54, 1.807) is 12.4 Å². The van der Waals surface area contributed by atoms with Crippen LogP contribution in [0.1, 0.15) is 60.3 Å². The zero-order valence-electron chi connectivity index (χ0n) is 16.8. The van der Waals surface area contributed by atoms with Gasteiger partial charge < -0.3 is 10.1 Å². The molecule has 6 heteroatoms. The van der Waals surface area contributed by atoms with Gasteiger partial charge in [0.1, 0.15) is 5.75 Å². The Balaban J connectivity index is 1.22. The van der Waals surface area contributed by atoms with Crippen LogP contribution < -0.4 is 10.1 Å². The van der Waals surface area contributed by atoms with Crippen LogP contribution in [-0.2, 0) is 12.8 Å². The van der Waals surface area contributed by atoms with E-state index in [1.165, 1.54) is 36.8 Å². The predicted octanol–water partition coefficient (Wildman–Crippen LogP) is 3.50. The highest BCUT2D eigenvalue weighted by Gasteiger charge is 2.26. The van der Waals surface area contributed by atoms with Crippen LogP contribution in [0.5, 0.6) is 11.5 Å². The van der Waals surface area contributed by atoms with Gasteiger partial charge in [-0.2, -0.15) is 0 Å². The summed E-state index contributed by atoms with van der Waals surface area (Å²) in [5, 5.41) is 2.95. The Hall–Kier alpha value is -2.47. The number of hydrogen-bond donors (Lipinski definition) is 1. The number of rotatable bonds is 5. The molecule has 5 rings (SSSR count). The number of carbonyl (C=O) groups is 1. The second-order valence-corrected chi connectivity index (χ2v) is 8.50. The molecule has 152 valence electrons. The first-order chi connectivity index (χ1) is 14.2. The number of ether oxygens (including phenoxy) is 1. The molecule has 0 atom stereocenters. The van der Waals surface area contributed by atoms with Crippen molar-refractivity contribution < 1.29 is 9.53 Å². The predicted molar refractivity (Wildman–Crippen MR) is 110 cm³/mol. The van der Waals surface area contributed by atoms with Crippen LogP contribution in [0.4, 0.5) is 0 Å². The van der Waals surface area contributed by atoms with Crippen LogP contribution in [0, 0.1) is 0 Å². The molecule has 1 aromatic carbocycles. The van der Waals surface area contributed by atoms with Crippen LogP contribution in [-0.4, -0.2) is 45.9 Å². The maximum absolute atomic E-state index is 12.1. The minimum Gasteiger partial charge on any atom is -0.454 e. The SMILES string of the molecule is O=C(NC1CCC1)c1ncc(Oc2ccc3c(c2)CCN(C2CCC2)CC3)cn1. The summed E-state index contributed by atoms with van der Waals surface area (Å²) < 4.78 is 5.97. The van der Waals surface area contributed by atoms with Crippen LogP contribution in [0.15, 0.2) is 30.6 Å². The Labute approximate surface area is 171 Å². The molecule has 0 saturated heterocycles. The van der Waals surface area contributed by atoms with Gasteiger partial charge in [-0.25, -0.2) is 9.97 Å². The van der Waals surface area contributed by atoms with Crippen LogP contribution in [0.3, 0.4) is 0 Å². The average molecular weight is 393 g/mol. The van der Waals surface area contributed by atoms with Gasteiger partial charge in [0, 0.05) is 25.2 Å².